The Kier molecular flexibility index (Phi) is 5.52. The van der Waals surface area contributed by atoms with Crippen LogP contribution in [0.3, 0.4) is 0 Å². The van der Waals surface area contributed by atoms with Gasteiger partial charge in [0.25, 0.3) is 5.91 Å². The molecule has 5 heterocycles. The second-order valence-corrected chi connectivity index (χ2v) is 11.7. The predicted molar refractivity (Wildman–Crippen MR) is 140 cm³/mol. The Balaban J connectivity index is 1.32. The number of hydrogen-bond donors (Lipinski definition) is 7. The lowest BCUT2D eigenvalue weighted by molar-refractivity contribution is -0.623. The van der Waals surface area contributed by atoms with Crippen LogP contribution in [0.4, 0.5) is 4.79 Å². The highest BCUT2D eigenvalue weighted by Gasteiger charge is 2.75. The number of amides is 4. The summed E-state index contributed by atoms with van der Waals surface area (Å²) >= 11 is 0. The lowest BCUT2D eigenvalue weighted by Gasteiger charge is -2.44. The van der Waals surface area contributed by atoms with Crippen molar-refractivity contribution in [3.63, 3.8) is 0 Å². The van der Waals surface area contributed by atoms with Crippen molar-refractivity contribution in [3.8, 4) is 5.75 Å². The van der Waals surface area contributed by atoms with E-state index in [-0.39, 0.29) is 42.5 Å². The van der Waals surface area contributed by atoms with Crippen molar-refractivity contribution in [2.75, 3.05) is 33.3 Å². The van der Waals surface area contributed by atoms with E-state index in [9.17, 15) is 24.6 Å². The highest BCUT2D eigenvalue weighted by atomic mass is 16.5. The maximum absolute atomic E-state index is 13.6. The van der Waals surface area contributed by atoms with Crippen LogP contribution < -0.4 is 32.2 Å². The van der Waals surface area contributed by atoms with E-state index in [1.54, 1.807) is 12.1 Å². The number of urea groups is 1. The molecule has 40 heavy (non-hydrogen) atoms. The quantitative estimate of drug-likeness (QED) is 0.112. The summed E-state index contributed by atoms with van der Waals surface area (Å²) in [4.78, 5) is 45.3. The number of nitrogens with one attached hydrogen (secondary N) is 3. The number of aliphatic hydroxyl groups is 2. The van der Waals surface area contributed by atoms with E-state index < -0.39 is 47.4 Å². The average Bonchev–Trinajstić information content (AvgIpc) is 3.44. The second kappa shape index (κ2) is 8.44. The monoisotopic (exact) mass is 556 g/mol. The summed E-state index contributed by atoms with van der Waals surface area (Å²) in [5.41, 5.74) is 11.6. The van der Waals surface area contributed by atoms with Gasteiger partial charge in [0.05, 0.1) is 25.3 Å². The van der Waals surface area contributed by atoms with Gasteiger partial charge in [-0.15, -0.1) is 0 Å². The molecule has 0 aromatic heterocycles. The molecule has 214 valence electrons. The molecule has 0 aliphatic carbocycles. The lowest BCUT2D eigenvalue weighted by Crippen LogP contribution is -2.79. The zero-order valence-electron chi connectivity index (χ0n) is 22.5. The van der Waals surface area contributed by atoms with Gasteiger partial charge in [-0.1, -0.05) is 26.0 Å². The van der Waals surface area contributed by atoms with Crippen LogP contribution >= 0.6 is 0 Å². The standard InChI is InChI=1S/C25H33N9O6/c1-23(2)7-8-40-17-12(5-4-6-13(17)23)19(36)29-15-10-34-21(27)28-14(9-33-16(35)11-32(3)22(33)37)18-24(34,25(15,38)39)31-20(26)30-18/h4-6,14-15,18,38-39H,7-11H2,1-3H3,(H6,26,27,28,29,30,31,36)/p+1/t14-,15?,18?,24?/m0/s1. The Bertz CT molecular complexity index is 1390. The van der Waals surface area contributed by atoms with Crippen molar-refractivity contribution in [1.82, 2.24) is 25.8 Å². The topological polar surface area (TPSA) is 211 Å². The summed E-state index contributed by atoms with van der Waals surface area (Å²) in [7, 11) is 1.51. The summed E-state index contributed by atoms with van der Waals surface area (Å²) in [5, 5.41) is 32.1. The fourth-order valence-corrected chi connectivity index (χ4v) is 6.54. The summed E-state index contributed by atoms with van der Waals surface area (Å²) in [6.45, 7) is 4.29. The van der Waals surface area contributed by atoms with Gasteiger partial charge in [-0.2, -0.15) is 0 Å². The van der Waals surface area contributed by atoms with Gasteiger partial charge in [0, 0.05) is 12.6 Å². The maximum Gasteiger partial charge on any atom is 0.346 e. The van der Waals surface area contributed by atoms with Crippen LogP contribution in [0.25, 0.3) is 0 Å². The highest BCUT2D eigenvalue weighted by molar-refractivity contribution is 6.02. The van der Waals surface area contributed by atoms with Crippen molar-refractivity contribution in [2.45, 2.75) is 55.3 Å². The zero-order valence-corrected chi connectivity index (χ0v) is 22.5. The number of benzene rings is 1. The first-order valence-corrected chi connectivity index (χ1v) is 13.1. The molecular weight excluding hydrogens is 522 g/mol. The lowest BCUT2D eigenvalue weighted by atomic mass is 9.79. The number of carbonyl (C=O) groups excluding carboxylic acids is 3. The molecule has 6 rings (SSSR count). The first kappa shape index (κ1) is 26.1. The average molecular weight is 557 g/mol. The van der Waals surface area contributed by atoms with Crippen LogP contribution in [-0.2, 0) is 10.2 Å². The van der Waals surface area contributed by atoms with Crippen molar-refractivity contribution in [1.29, 1.82) is 0 Å². The Morgan fingerprint density at radius 1 is 1.30 bits per heavy atom. The summed E-state index contributed by atoms with van der Waals surface area (Å²) in [5.74, 6) is -3.18. The normalized spacial score (nSPS) is 31.5. The number of guanidine groups is 2. The van der Waals surface area contributed by atoms with E-state index in [1.807, 2.05) is 6.07 Å². The number of likely N-dealkylation sites (N-methyl/N-ethyl adjacent to an activating group) is 1. The van der Waals surface area contributed by atoms with Gasteiger partial charge in [-0.25, -0.2) is 14.4 Å². The molecule has 4 amide bonds. The van der Waals surface area contributed by atoms with Crippen LogP contribution in [0.5, 0.6) is 5.75 Å². The van der Waals surface area contributed by atoms with Crippen LogP contribution in [-0.4, -0.2) is 117 Å². The minimum atomic E-state index is -2.65. The number of rotatable bonds is 4. The van der Waals surface area contributed by atoms with E-state index in [1.165, 1.54) is 16.5 Å². The fourth-order valence-electron chi connectivity index (χ4n) is 6.54. The summed E-state index contributed by atoms with van der Waals surface area (Å²) < 4.78 is 7.34. The molecule has 1 spiro atoms. The number of fused-ring (bicyclic) bond motifs is 1. The number of nitrogens with zero attached hydrogens (tertiary/aromatic N) is 4. The third-order valence-electron chi connectivity index (χ3n) is 8.75. The summed E-state index contributed by atoms with van der Waals surface area (Å²) in [6.07, 6.45) is 0.796. The van der Waals surface area contributed by atoms with E-state index >= 15 is 0 Å². The van der Waals surface area contributed by atoms with E-state index in [2.05, 4.69) is 34.8 Å². The molecule has 15 nitrogen and oxygen atoms in total. The molecular formula is C25H34N9O6+. The number of imide groups is 1. The van der Waals surface area contributed by atoms with E-state index in [0.717, 1.165) is 16.9 Å². The number of para-hydroxylation sites is 1. The number of nitrogens with two attached hydrogens (primary N) is 2. The molecule has 2 saturated heterocycles. The Labute approximate surface area is 229 Å². The second-order valence-electron chi connectivity index (χ2n) is 11.7. The third kappa shape index (κ3) is 3.46. The molecule has 1 aromatic carbocycles. The van der Waals surface area contributed by atoms with Crippen molar-refractivity contribution in [3.05, 3.63) is 29.3 Å². The van der Waals surface area contributed by atoms with E-state index in [0.29, 0.717) is 12.4 Å². The molecule has 5 aliphatic rings. The molecule has 1 aromatic rings. The van der Waals surface area contributed by atoms with Crippen molar-refractivity contribution >= 4 is 29.8 Å². The minimum Gasteiger partial charge on any atom is -0.492 e. The molecule has 15 heteroatoms. The van der Waals surface area contributed by atoms with Gasteiger partial charge in [0.15, 0.2) is 5.96 Å². The SMILES string of the molecule is CN1CC(=O)N(C[C@@H]2NC(N)=[N+]3CC(NC(=O)c4cccc5c4OCCC5(C)C)C(O)(O)C34NC(N)=NC24)C1=O. The number of hydrogen-bond acceptors (Lipinski definition) is 11. The van der Waals surface area contributed by atoms with Gasteiger partial charge in [-0.3, -0.25) is 25.5 Å². The number of ether oxygens (including phenoxy) is 1. The predicted octanol–water partition coefficient (Wildman–Crippen LogP) is -3.28. The molecule has 0 bridgehead atoms. The van der Waals surface area contributed by atoms with Crippen LogP contribution in [0, 0.1) is 0 Å². The zero-order chi connectivity index (χ0) is 28.8. The van der Waals surface area contributed by atoms with E-state index in [4.69, 9.17) is 16.2 Å². The molecule has 9 N–H and O–H groups in total. The van der Waals surface area contributed by atoms with Crippen LogP contribution in [0.15, 0.2) is 23.2 Å². The first-order chi connectivity index (χ1) is 18.8. The first-order valence-electron chi connectivity index (χ1n) is 13.1. The molecule has 2 fully saturated rings. The number of aliphatic imine (C=N–C) groups is 1. The fraction of sp³-hybridized carbons (Fsp3) is 0.560. The molecule has 0 radical (unpaired) electrons. The molecule has 5 aliphatic heterocycles. The Hall–Kier alpha value is -4.11. The smallest absolute Gasteiger partial charge is 0.346 e. The van der Waals surface area contributed by atoms with Crippen LogP contribution in [0.2, 0.25) is 0 Å². The van der Waals surface area contributed by atoms with Crippen molar-refractivity contribution in [2.24, 2.45) is 16.5 Å². The summed E-state index contributed by atoms with van der Waals surface area (Å²) in [6, 6.07) is 1.77. The third-order valence-corrected chi connectivity index (χ3v) is 8.75. The van der Waals surface area contributed by atoms with Crippen molar-refractivity contribution < 1.29 is 33.9 Å². The maximum atomic E-state index is 13.6. The largest absolute Gasteiger partial charge is 0.492 e. The highest BCUT2D eigenvalue weighted by Crippen LogP contribution is 2.43. The van der Waals surface area contributed by atoms with Gasteiger partial charge in [0.1, 0.15) is 30.4 Å². The molecule has 3 unspecified atom stereocenters. The Morgan fingerprint density at radius 2 is 2.05 bits per heavy atom. The van der Waals surface area contributed by atoms with Gasteiger partial charge >= 0.3 is 12.0 Å². The van der Waals surface area contributed by atoms with Gasteiger partial charge in [-0.05, 0) is 17.9 Å². The van der Waals surface area contributed by atoms with Gasteiger partial charge in [0.2, 0.25) is 17.4 Å². The Morgan fingerprint density at radius 3 is 2.75 bits per heavy atom. The van der Waals surface area contributed by atoms with Gasteiger partial charge < -0.3 is 36.2 Å². The number of carbonyl (C=O) groups is 3. The molecule has 4 atom stereocenters. The minimum absolute atomic E-state index is 0.0393. The van der Waals surface area contributed by atoms with Crippen LogP contribution in [0.1, 0.15) is 36.2 Å². The molecule has 0 saturated carbocycles.